The minimum Gasteiger partial charge on any atom is -0.497 e. The zero-order valence-electron chi connectivity index (χ0n) is 17.4. The molecule has 9 nitrogen and oxygen atoms in total. The molecule has 0 radical (unpaired) electrons. The van der Waals surface area contributed by atoms with Crippen LogP contribution in [0.3, 0.4) is 0 Å². The molecule has 1 atom stereocenters. The lowest BCUT2D eigenvalue weighted by atomic mass is 10.1. The maximum absolute atomic E-state index is 12.4. The quantitative estimate of drug-likeness (QED) is 0.344. The van der Waals surface area contributed by atoms with Crippen LogP contribution in [0.25, 0.3) is 16.9 Å². The minimum absolute atomic E-state index is 0.00731. The van der Waals surface area contributed by atoms with E-state index in [2.05, 4.69) is 10.3 Å². The van der Waals surface area contributed by atoms with Crippen LogP contribution < -0.4 is 14.8 Å². The van der Waals surface area contributed by atoms with Crippen molar-refractivity contribution < 1.29 is 19.2 Å². The third-order valence-electron chi connectivity index (χ3n) is 4.84. The van der Waals surface area contributed by atoms with Gasteiger partial charge in [0.2, 0.25) is 0 Å². The van der Waals surface area contributed by atoms with Crippen molar-refractivity contribution in [2.75, 3.05) is 12.4 Å². The number of hydrogen-bond acceptors (Lipinski definition) is 6. The van der Waals surface area contributed by atoms with Gasteiger partial charge < -0.3 is 14.8 Å². The van der Waals surface area contributed by atoms with E-state index in [4.69, 9.17) is 9.47 Å². The largest absolute Gasteiger partial charge is 0.497 e. The van der Waals surface area contributed by atoms with E-state index in [1.165, 1.54) is 12.3 Å². The van der Waals surface area contributed by atoms with E-state index in [0.29, 0.717) is 28.5 Å². The molecule has 2 aromatic heterocycles. The van der Waals surface area contributed by atoms with Crippen molar-refractivity contribution >= 4 is 22.9 Å². The van der Waals surface area contributed by atoms with Gasteiger partial charge in [0.15, 0.2) is 6.10 Å². The van der Waals surface area contributed by atoms with Gasteiger partial charge in [-0.15, -0.1) is 0 Å². The van der Waals surface area contributed by atoms with Crippen molar-refractivity contribution in [2.24, 2.45) is 0 Å². The second-order valence-electron chi connectivity index (χ2n) is 7.04. The fraction of sp³-hybridized carbons (Fsp3) is 0.130. The number of hydrogen-bond donors (Lipinski definition) is 1. The predicted molar refractivity (Wildman–Crippen MR) is 119 cm³/mol. The van der Waals surface area contributed by atoms with Crippen LogP contribution in [0.2, 0.25) is 0 Å². The number of anilines is 1. The summed E-state index contributed by atoms with van der Waals surface area (Å²) >= 11 is 0. The average molecular weight is 432 g/mol. The number of amides is 1. The summed E-state index contributed by atoms with van der Waals surface area (Å²) in [5.41, 5.74) is 2.73. The van der Waals surface area contributed by atoms with E-state index in [-0.39, 0.29) is 11.6 Å². The predicted octanol–water partition coefficient (Wildman–Crippen LogP) is 4.32. The standard InChI is InChI=1S/C23H20N4O5/c1-15(23(28)24-17-5-10-19(31-2)11-6-17)32-20-8-3-16(4-9-20)21-14-26-13-18(27(29)30)7-12-22(26)25-21/h3-15H,1-2H3,(H,24,28). The number of fused-ring (bicyclic) bond motifs is 1. The number of pyridine rings is 1. The average Bonchev–Trinajstić information content (AvgIpc) is 3.23. The number of aromatic nitrogens is 2. The van der Waals surface area contributed by atoms with E-state index in [1.54, 1.807) is 67.1 Å². The normalized spacial score (nSPS) is 11.7. The molecule has 0 saturated carbocycles. The summed E-state index contributed by atoms with van der Waals surface area (Å²) < 4.78 is 12.5. The Morgan fingerprint density at radius 2 is 1.72 bits per heavy atom. The van der Waals surface area contributed by atoms with Gasteiger partial charge in [-0.05, 0) is 61.5 Å². The van der Waals surface area contributed by atoms with E-state index in [9.17, 15) is 14.9 Å². The number of benzene rings is 2. The fourth-order valence-electron chi connectivity index (χ4n) is 3.11. The highest BCUT2D eigenvalue weighted by atomic mass is 16.6. The highest BCUT2D eigenvalue weighted by molar-refractivity contribution is 5.94. The van der Waals surface area contributed by atoms with E-state index < -0.39 is 11.0 Å². The maximum Gasteiger partial charge on any atom is 0.286 e. The van der Waals surface area contributed by atoms with E-state index in [0.717, 1.165) is 5.56 Å². The Balaban J connectivity index is 1.42. The van der Waals surface area contributed by atoms with Gasteiger partial charge in [0.25, 0.3) is 11.6 Å². The molecule has 4 rings (SSSR count). The summed E-state index contributed by atoms with van der Waals surface area (Å²) in [5.74, 6) is 0.961. The van der Waals surface area contributed by atoms with Crippen molar-refractivity contribution in [1.82, 2.24) is 9.38 Å². The second-order valence-corrected chi connectivity index (χ2v) is 7.04. The highest BCUT2D eigenvalue weighted by Crippen LogP contribution is 2.24. The molecule has 9 heteroatoms. The molecule has 1 amide bonds. The number of nitrogens with one attached hydrogen (secondary N) is 1. The van der Waals surface area contributed by atoms with Crippen molar-refractivity contribution in [3.63, 3.8) is 0 Å². The van der Waals surface area contributed by atoms with Gasteiger partial charge >= 0.3 is 0 Å². The molecule has 2 aromatic carbocycles. The number of rotatable bonds is 7. The topological polar surface area (TPSA) is 108 Å². The van der Waals surface area contributed by atoms with Gasteiger partial charge in [-0.25, -0.2) is 4.98 Å². The Kier molecular flexibility index (Phi) is 5.71. The Labute approximate surface area is 183 Å². The summed E-state index contributed by atoms with van der Waals surface area (Å²) in [7, 11) is 1.58. The van der Waals surface area contributed by atoms with Gasteiger partial charge in [-0.3, -0.25) is 19.3 Å². The summed E-state index contributed by atoms with van der Waals surface area (Å²) in [4.78, 5) is 27.4. The first-order chi connectivity index (χ1) is 15.4. The number of ether oxygens (including phenoxy) is 2. The number of nitro groups is 1. The van der Waals surface area contributed by atoms with Crippen LogP contribution in [0.4, 0.5) is 11.4 Å². The van der Waals surface area contributed by atoms with Crippen molar-refractivity contribution in [1.29, 1.82) is 0 Å². The molecule has 0 saturated heterocycles. The Hall–Kier alpha value is -4.40. The van der Waals surface area contributed by atoms with Crippen LogP contribution in [0.15, 0.2) is 73.1 Å². The summed E-state index contributed by atoms with van der Waals surface area (Å²) in [6.45, 7) is 1.67. The first-order valence-electron chi connectivity index (χ1n) is 9.78. The van der Waals surface area contributed by atoms with Gasteiger partial charge in [0, 0.05) is 23.5 Å². The van der Waals surface area contributed by atoms with Crippen molar-refractivity contribution in [2.45, 2.75) is 13.0 Å². The zero-order chi connectivity index (χ0) is 22.7. The first kappa shape index (κ1) is 20.9. The lowest BCUT2D eigenvalue weighted by Crippen LogP contribution is -2.30. The molecule has 1 unspecified atom stereocenters. The minimum atomic E-state index is -0.710. The molecule has 0 aliphatic carbocycles. The molecular weight excluding hydrogens is 412 g/mol. The first-order valence-corrected chi connectivity index (χ1v) is 9.78. The zero-order valence-corrected chi connectivity index (χ0v) is 17.4. The molecule has 0 aliphatic heterocycles. The third-order valence-corrected chi connectivity index (χ3v) is 4.84. The smallest absolute Gasteiger partial charge is 0.286 e. The molecule has 0 bridgehead atoms. The SMILES string of the molecule is COc1ccc(NC(=O)C(C)Oc2ccc(-c3cn4cc([N+](=O)[O-])ccc4n3)cc2)cc1. The monoisotopic (exact) mass is 432 g/mol. The number of methoxy groups -OCH3 is 1. The van der Waals surface area contributed by atoms with Crippen LogP contribution in [-0.2, 0) is 4.79 Å². The van der Waals surface area contributed by atoms with Crippen molar-refractivity contribution in [3.8, 4) is 22.8 Å². The Morgan fingerprint density at radius 3 is 2.38 bits per heavy atom. The van der Waals surface area contributed by atoms with Gasteiger partial charge in [-0.1, -0.05) is 0 Å². The lowest BCUT2D eigenvalue weighted by Gasteiger charge is -2.15. The van der Waals surface area contributed by atoms with E-state index in [1.807, 2.05) is 12.1 Å². The molecule has 0 fully saturated rings. The number of carbonyl (C=O) groups excluding carboxylic acids is 1. The van der Waals surface area contributed by atoms with Gasteiger partial charge in [-0.2, -0.15) is 0 Å². The van der Waals surface area contributed by atoms with Gasteiger partial charge in [0.05, 0.1) is 23.9 Å². The molecule has 1 N–H and O–H groups in total. The molecule has 2 heterocycles. The molecule has 32 heavy (non-hydrogen) atoms. The van der Waals surface area contributed by atoms with Crippen LogP contribution in [-0.4, -0.2) is 33.4 Å². The molecule has 0 aliphatic rings. The van der Waals surface area contributed by atoms with Crippen LogP contribution in [0.1, 0.15) is 6.92 Å². The van der Waals surface area contributed by atoms with Gasteiger partial charge in [0.1, 0.15) is 17.1 Å². The number of carbonyl (C=O) groups is 1. The Bertz CT molecular complexity index is 1270. The molecule has 0 spiro atoms. The number of nitrogens with zero attached hydrogens (tertiary/aromatic N) is 3. The van der Waals surface area contributed by atoms with Crippen molar-refractivity contribution in [3.05, 3.63) is 83.2 Å². The lowest BCUT2D eigenvalue weighted by molar-refractivity contribution is -0.385. The summed E-state index contributed by atoms with van der Waals surface area (Å²) in [6.07, 6.45) is 2.44. The van der Waals surface area contributed by atoms with Crippen LogP contribution in [0.5, 0.6) is 11.5 Å². The molecular formula is C23H20N4O5. The highest BCUT2D eigenvalue weighted by Gasteiger charge is 2.15. The van der Waals surface area contributed by atoms with Crippen LogP contribution >= 0.6 is 0 Å². The summed E-state index contributed by atoms with van der Waals surface area (Å²) in [5, 5.41) is 13.7. The van der Waals surface area contributed by atoms with E-state index >= 15 is 0 Å². The maximum atomic E-state index is 12.4. The Morgan fingerprint density at radius 1 is 1.03 bits per heavy atom. The molecule has 4 aromatic rings. The number of imidazole rings is 1. The van der Waals surface area contributed by atoms with Crippen LogP contribution in [0, 0.1) is 10.1 Å². The third kappa shape index (κ3) is 4.51. The fourth-order valence-corrected chi connectivity index (χ4v) is 3.11. The summed E-state index contributed by atoms with van der Waals surface area (Å²) in [6, 6.07) is 17.2. The second kappa shape index (κ2) is 8.76. The molecule has 162 valence electrons.